The molecule has 1 aromatic carbocycles. The van der Waals surface area contributed by atoms with Crippen LogP contribution in [0.5, 0.6) is 0 Å². The van der Waals surface area contributed by atoms with Crippen molar-refractivity contribution >= 4 is 29.1 Å². The Hall–Kier alpha value is -2.67. The van der Waals surface area contributed by atoms with Crippen molar-refractivity contribution in [3.63, 3.8) is 0 Å². The summed E-state index contributed by atoms with van der Waals surface area (Å²) in [7, 11) is 0. The van der Waals surface area contributed by atoms with Crippen molar-refractivity contribution < 1.29 is 14.4 Å². The van der Waals surface area contributed by atoms with Crippen LogP contribution in [0.1, 0.15) is 28.8 Å². The van der Waals surface area contributed by atoms with Gasteiger partial charge in [0.15, 0.2) is 0 Å². The summed E-state index contributed by atoms with van der Waals surface area (Å²) in [5.41, 5.74) is 1.60. The van der Waals surface area contributed by atoms with E-state index < -0.39 is 0 Å². The van der Waals surface area contributed by atoms with Crippen LogP contribution in [0.3, 0.4) is 0 Å². The normalized spacial score (nSPS) is 14.6. The van der Waals surface area contributed by atoms with E-state index in [2.05, 4.69) is 10.6 Å². The van der Waals surface area contributed by atoms with Gasteiger partial charge in [-0.3, -0.25) is 14.4 Å². The summed E-state index contributed by atoms with van der Waals surface area (Å²) in [5.74, 6) is -0.305. The van der Waals surface area contributed by atoms with E-state index in [-0.39, 0.29) is 36.7 Å². The second-order valence-corrected chi connectivity index (χ2v) is 7.36. The molecule has 27 heavy (non-hydrogen) atoms. The number of piperidine rings is 1. The number of hydrogen-bond donors (Lipinski definition) is 2. The lowest BCUT2D eigenvalue weighted by molar-refractivity contribution is -0.133. The highest BCUT2D eigenvalue weighted by molar-refractivity contribution is 7.08. The Balaban J connectivity index is 1.37. The standard InChI is InChI=1S/C20H23N3O3S/c24-18(12-15-4-2-1-3-5-15)21-13-19(25)23-9-6-17(7-10-23)22-20(26)16-8-11-27-14-16/h1-5,8,11,14,17H,6-7,9-10,12-13H2,(H,21,24)(H,22,26). The Kier molecular flexibility index (Phi) is 6.59. The number of amides is 3. The quantitative estimate of drug-likeness (QED) is 0.796. The lowest BCUT2D eigenvalue weighted by Crippen LogP contribution is -2.49. The molecule has 7 heteroatoms. The van der Waals surface area contributed by atoms with Gasteiger partial charge in [-0.2, -0.15) is 11.3 Å². The minimum Gasteiger partial charge on any atom is -0.349 e. The molecule has 3 rings (SSSR count). The molecule has 0 aliphatic carbocycles. The highest BCUT2D eigenvalue weighted by Gasteiger charge is 2.24. The zero-order valence-electron chi connectivity index (χ0n) is 15.0. The molecule has 0 unspecified atom stereocenters. The van der Waals surface area contributed by atoms with Crippen LogP contribution in [0.15, 0.2) is 47.2 Å². The van der Waals surface area contributed by atoms with Crippen LogP contribution >= 0.6 is 11.3 Å². The van der Waals surface area contributed by atoms with E-state index in [9.17, 15) is 14.4 Å². The number of likely N-dealkylation sites (tertiary alicyclic amines) is 1. The molecule has 2 N–H and O–H groups in total. The molecular formula is C20H23N3O3S. The third-order valence-electron chi connectivity index (χ3n) is 4.61. The minimum atomic E-state index is -0.160. The minimum absolute atomic E-state index is 0.0115. The lowest BCUT2D eigenvalue weighted by atomic mass is 10.0. The van der Waals surface area contributed by atoms with E-state index in [0.29, 0.717) is 18.7 Å². The van der Waals surface area contributed by atoms with E-state index in [1.807, 2.05) is 41.1 Å². The van der Waals surface area contributed by atoms with E-state index >= 15 is 0 Å². The third kappa shape index (κ3) is 5.65. The van der Waals surface area contributed by atoms with Crippen LogP contribution < -0.4 is 10.6 Å². The van der Waals surface area contributed by atoms with Crippen molar-refractivity contribution in [1.82, 2.24) is 15.5 Å². The summed E-state index contributed by atoms with van der Waals surface area (Å²) < 4.78 is 0. The van der Waals surface area contributed by atoms with E-state index in [1.54, 1.807) is 11.0 Å². The molecule has 1 aliphatic rings. The Labute approximate surface area is 162 Å². The van der Waals surface area contributed by atoms with Gasteiger partial charge in [0.25, 0.3) is 5.91 Å². The first-order valence-corrected chi connectivity index (χ1v) is 9.97. The third-order valence-corrected chi connectivity index (χ3v) is 5.29. The van der Waals surface area contributed by atoms with Gasteiger partial charge in [-0.05, 0) is 29.9 Å². The molecule has 142 valence electrons. The van der Waals surface area contributed by atoms with Gasteiger partial charge in [0.2, 0.25) is 11.8 Å². The Morgan fingerprint density at radius 1 is 1.07 bits per heavy atom. The van der Waals surface area contributed by atoms with Crippen molar-refractivity contribution in [2.75, 3.05) is 19.6 Å². The number of nitrogens with zero attached hydrogens (tertiary/aromatic N) is 1. The van der Waals surface area contributed by atoms with Gasteiger partial charge in [0, 0.05) is 30.1 Å². The van der Waals surface area contributed by atoms with E-state index in [0.717, 1.165) is 18.4 Å². The van der Waals surface area contributed by atoms with Crippen LogP contribution in [-0.2, 0) is 16.0 Å². The van der Waals surface area contributed by atoms with Crippen molar-refractivity contribution in [2.24, 2.45) is 0 Å². The van der Waals surface area contributed by atoms with Crippen molar-refractivity contribution in [3.05, 3.63) is 58.3 Å². The molecule has 0 atom stereocenters. The maximum Gasteiger partial charge on any atom is 0.252 e. The smallest absolute Gasteiger partial charge is 0.252 e. The number of thiophene rings is 1. The highest BCUT2D eigenvalue weighted by atomic mass is 32.1. The highest BCUT2D eigenvalue weighted by Crippen LogP contribution is 2.12. The number of hydrogen-bond acceptors (Lipinski definition) is 4. The fraction of sp³-hybridized carbons (Fsp3) is 0.350. The molecule has 0 radical (unpaired) electrons. The molecule has 0 spiro atoms. The fourth-order valence-electron chi connectivity index (χ4n) is 3.07. The molecule has 2 aromatic rings. The SMILES string of the molecule is O=C(Cc1ccccc1)NCC(=O)N1CCC(NC(=O)c2ccsc2)CC1. The first kappa shape index (κ1) is 19.1. The summed E-state index contributed by atoms with van der Waals surface area (Å²) >= 11 is 1.49. The Morgan fingerprint density at radius 3 is 2.48 bits per heavy atom. The maximum atomic E-state index is 12.3. The number of nitrogens with one attached hydrogen (secondary N) is 2. The summed E-state index contributed by atoms with van der Waals surface area (Å²) in [6.07, 6.45) is 1.71. The summed E-state index contributed by atoms with van der Waals surface area (Å²) in [6.45, 7) is 1.18. The number of benzene rings is 1. The molecule has 6 nitrogen and oxygen atoms in total. The number of rotatable bonds is 6. The summed E-state index contributed by atoms with van der Waals surface area (Å²) in [5, 5.41) is 9.41. The van der Waals surface area contributed by atoms with Crippen LogP contribution in [0.2, 0.25) is 0 Å². The van der Waals surface area contributed by atoms with Gasteiger partial charge in [0.1, 0.15) is 0 Å². The van der Waals surface area contributed by atoms with Crippen LogP contribution in [0.4, 0.5) is 0 Å². The molecule has 0 saturated carbocycles. The fourth-order valence-corrected chi connectivity index (χ4v) is 3.70. The zero-order valence-corrected chi connectivity index (χ0v) is 15.8. The Bertz CT molecular complexity index is 769. The average molecular weight is 385 g/mol. The second-order valence-electron chi connectivity index (χ2n) is 6.58. The number of carbonyl (C=O) groups is 3. The van der Waals surface area contributed by atoms with Crippen molar-refractivity contribution in [2.45, 2.75) is 25.3 Å². The molecule has 1 fully saturated rings. The van der Waals surface area contributed by atoms with E-state index in [1.165, 1.54) is 11.3 Å². The lowest BCUT2D eigenvalue weighted by Gasteiger charge is -2.32. The van der Waals surface area contributed by atoms with Crippen LogP contribution in [-0.4, -0.2) is 48.3 Å². The van der Waals surface area contributed by atoms with Gasteiger partial charge in [-0.15, -0.1) is 0 Å². The van der Waals surface area contributed by atoms with Crippen molar-refractivity contribution in [3.8, 4) is 0 Å². The summed E-state index contributed by atoms with van der Waals surface area (Å²) in [4.78, 5) is 38.1. The molecule has 1 aromatic heterocycles. The van der Waals surface area contributed by atoms with Gasteiger partial charge in [-0.25, -0.2) is 0 Å². The van der Waals surface area contributed by atoms with Gasteiger partial charge in [-0.1, -0.05) is 30.3 Å². The largest absolute Gasteiger partial charge is 0.349 e. The zero-order chi connectivity index (χ0) is 19.1. The topological polar surface area (TPSA) is 78.5 Å². The van der Waals surface area contributed by atoms with E-state index in [4.69, 9.17) is 0 Å². The summed E-state index contributed by atoms with van der Waals surface area (Å²) in [6, 6.07) is 11.3. The number of carbonyl (C=O) groups excluding carboxylic acids is 3. The first-order chi connectivity index (χ1) is 13.1. The van der Waals surface area contributed by atoms with Crippen molar-refractivity contribution in [1.29, 1.82) is 0 Å². The van der Waals surface area contributed by atoms with Gasteiger partial charge >= 0.3 is 0 Å². The van der Waals surface area contributed by atoms with Crippen LogP contribution in [0.25, 0.3) is 0 Å². The predicted molar refractivity (Wildman–Crippen MR) is 105 cm³/mol. The molecular weight excluding hydrogens is 362 g/mol. The first-order valence-electron chi connectivity index (χ1n) is 9.03. The van der Waals surface area contributed by atoms with Gasteiger partial charge < -0.3 is 15.5 Å². The van der Waals surface area contributed by atoms with Crippen LogP contribution in [0, 0.1) is 0 Å². The molecule has 2 heterocycles. The maximum absolute atomic E-state index is 12.3. The van der Waals surface area contributed by atoms with Gasteiger partial charge in [0.05, 0.1) is 13.0 Å². The molecule has 0 bridgehead atoms. The Morgan fingerprint density at radius 2 is 1.81 bits per heavy atom. The predicted octanol–water partition coefficient (Wildman–Crippen LogP) is 1.83. The monoisotopic (exact) mass is 385 g/mol. The molecule has 1 aliphatic heterocycles. The molecule has 3 amide bonds. The molecule has 1 saturated heterocycles. The average Bonchev–Trinajstić information content (AvgIpc) is 3.22. The second kappa shape index (κ2) is 9.32.